The highest BCUT2D eigenvalue weighted by molar-refractivity contribution is 5.78. The van der Waals surface area contributed by atoms with Gasteiger partial charge in [0.1, 0.15) is 0 Å². The van der Waals surface area contributed by atoms with E-state index in [0.717, 1.165) is 12.8 Å². The number of nitrogens with one attached hydrogen (secondary N) is 2. The monoisotopic (exact) mass is 216 g/mol. The van der Waals surface area contributed by atoms with Crippen molar-refractivity contribution in [1.82, 2.24) is 10.6 Å². The Hall–Kier alpha value is -0.610. The summed E-state index contributed by atoms with van der Waals surface area (Å²) in [6.07, 6.45) is 1.94. The van der Waals surface area contributed by atoms with Crippen LogP contribution in [0.1, 0.15) is 33.6 Å². The van der Waals surface area contributed by atoms with Crippen molar-refractivity contribution in [1.29, 1.82) is 0 Å². The van der Waals surface area contributed by atoms with Crippen LogP contribution in [-0.2, 0) is 4.79 Å². The van der Waals surface area contributed by atoms with E-state index in [1.807, 2.05) is 6.92 Å². The van der Waals surface area contributed by atoms with Crippen LogP contribution in [0.2, 0.25) is 0 Å². The van der Waals surface area contributed by atoms with Crippen molar-refractivity contribution in [2.45, 2.75) is 39.7 Å². The zero-order chi connectivity index (χ0) is 11.7. The highest BCUT2D eigenvalue weighted by Crippen LogP contribution is 1.95. The molecule has 0 aromatic rings. The fourth-order valence-electron chi connectivity index (χ4n) is 1.27. The van der Waals surface area contributed by atoms with E-state index in [4.69, 9.17) is 5.11 Å². The van der Waals surface area contributed by atoms with Crippen molar-refractivity contribution in [3.8, 4) is 0 Å². The molecule has 1 amide bonds. The predicted octanol–water partition coefficient (Wildman–Crippen LogP) is 0.509. The van der Waals surface area contributed by atoms with Crippen LogP contribution in [0.5, 0.6) is 0 Å². The first-order valence-electron chi connectivity index (χ1n) is 5.74. The number of hydrogen-bond acceptors (Lipinski definition) is 3. The van der Waals surface area contributed by atoms with Gasteiger partial charge in [0.15, 0.2) is 0 Å². The molecule has 0 saturated heterocycles. The molecular weight excluding hydrogens is 192 g/mol. The van der Waals surface area contributed by atoms with E-state index in [2.05, 4.69) is 24.5 Å². The van der Waals surface area contributed by atoms with E-state index >= 15 is 0 Å². The van der Waals surface area contributed by atoms with Gasteiger partial charge in [-0.2, -0.15) is 0 Å². The molecule has 90 valence electrons. The number of aliphatic hydroxyl groups is 1. The van der Waals surface area contributed by atoms with Gasteiger partial charge in [-0.25, -0.2) is 0 Å². The molecule has 0 bridgehead atoms. The molecule has 0 aromatic heterocycles. The third-order valence-electron chi connectivity index (χ3n) is 2.44. The first-order chi connectivity index (χ1) is 7.13. The average Bonchev–Trinajstić information content (AvgIpc) is 2.25. The highest BCUT2D eigenvalue weighted by atomic mass is 16.3. The van der Waals surface area contributed by atoms with Crippen molar-refractivity contribution in [3.63, 3.8) is 0 Å². The molecule has 0 aliphatic rings. The number of amides is 1. The third-order valence-corrected chi connectivity index (χ3v) is 2.44. The normalized spacial score (nSPS) is 12.9. The van der Waals surface area contributed by atoms with Crippen LogP contribution in [0.3, 0.4) is 0 Å². The summed E-state index contributed by atoms with van der Waals surface area (Å²) in [6.45, 7) is 7.23. The van der Waals surface area contributed by atoms with Crippen molar-refractivity contribution in [2.75, 3.05) is 19.7 Å². The second-order valence-corrected chi connectivity index (χ2v) is 4.00. The van der Waals surface area contributed by atoms with Gasteiger partial charge in [0.05, 0.1) is 6.54 Å². The standard InChI is InChI=1S/C11H24N2O2/c1-4-10(5-2)13-11(15)7-12-6-9(3)8-14/h9-10,12,14H,4-8H2,1-3H3,(H,13,15). The van der Waals surface area contributed by atoms with Crippen LogP contribution in [0.15, 0.2) is 0 Å². The Kier molecular flexibility index (Phi) is 8.33. The Bertz CT molecular complexity index is 170. The summed E-state index contributed by atoms with van der Waals surface area (Å²) < 4.78 is 0. The van der Waals surface area contributed by atoms with Crippen LogP contribution in [0.25, 0.3) is 0 Å². The van der Waals surface area contributed by atoms with Crippen molar-refractivity contribution in [2.24, 2.45) is 5.92 Å². The molecule has 4 heteroatoms. The lowest BCUT2D eigenvalue weighted by Crippen LogP contribution is -2.41. The molecule has 0 spiro atoms. The fourth-order valence-corrected chi connectivity index (χ4v) is 1.27. The number of hydrogen-bond donors (Lipinski definition) is 3. The van der Waals surface area contributed by atoms with E-state index in [-0.39, 0.29) is 24.5 Å². The molecule has 0 heterocycles. The van der Waals surface area contributed by atoms with Crippen LogP contribution in [0, 0.1) is 5.92 Å². The Morgan fingerprint density at radius 2 is 1.93 bits per heavy atom. The molecule has 3 N–H and O–H groups in total. The van der Waals surface area contributed by atoms with E-state index in [0.29, 0.717) is 13.1 Å². The Morgan fingerprint density at radius 1 is 1.33 bits per heavy atom. The molecule has 0 aromatic carbocycles. The maximum atomic E-state index is 11.4. The van der Waals surface area contributed by atoms with Crippen LogP contribution >= 0.6 is 0 Å². The smallest absolute Gasteiger partial charge is 0.234 e. The third kappa shape index (κ3) is 7.33. The van der Waals surface area contributed by atoms with Gasteiger partial charge in [-0.05, 0) is 18.8 Å². The van der Waals surface area contributed by atoms with E-state index in [1.165, 1.54) is 0 Å². The molecule has 0 aliphatic carbocycles. The summed E-state index contributed by atoms with van der Waals surface area (Å²) in [5, 5.41) is 14.7. The molecule has 0 saturated carbocycles. The van der Waals surface area contributed by atoms with Gasteiger partial charge in [0, 0.05) is 19.2 Å². The minimum absolute atomic E-state index is 0.0360. The van der Waals surface area contributed by atoms with Gasteiger partial charge in [0.2, 0.25) is 5.91 Å². The van der Waals surface area contributed by atoms with Gasteiger partial charge >= 0.3 is 0 Å². The summed E-state index contributed by atoms with van der Waals surface area (Å²) in [5.41, 5.74) is 0. The van der Waals surface area contributed by atoms with E-state index in [1.54, 1.807) is 0 Å². The molecule has 1 unspecified atom stereocenters. The quantitative estimate of drug-likeness (QED) is 0.554. The van der Waals surface area contributed by atoms with E-state index in [9.17, 15) is 4.79 Å². The highest BCUT2D eigenvalue weighted by Gasteiger charge is 2.08. The fraction of sp³-hybridized carbons (Fsp3) is 0.909. The zero-order valence-corrected chi connectivity index (χ0v) is 10.0. The second-order valence-electron chi connectivity index (χ2n) is 4.00. The van der Waals surface area contributed by atoms with Gasteiger partial charge in [-0.3, -0.25) is 4.79 Å². The van der Waals surface area contributed by atoms with Crippen molar-refractivity contribution >= 4 is 5.91 Å². The molecule has 0 rings (SSSR count). The van der Waals surface area contributed by atoms with Crippen molar-refractivity contribution in [3.05, 3.63) is 0 Å². The topological polar surface area (TPSA) is 61.4 Å². The Morgan fingerprint density at radius 3 is 2.40 bits per heavy atom. The van der Waals surface area contributed by atoms with E-state index < -0.39 is 0 Å². The number of aliphatic hydroxyl groups excluding tert-OH is 1. The van der Waals surface area contributed by atoms with Gasteiger partial charge in [-0.15, -0.1) is 0 Å². The minimum atomic E-state index is 0.0360. The number of carbonyl (C=O) groups excluding carboxylic acids is 1. The SMILES string of the molecule is CCC(CC)NC(=O)CNCC(C)CO. The second kappa shape index (κ2) is 8.68. The first kappa shape index (κ1) is 14.4. The minimum Gasteiger partial charge on any atom is -0.396 e. The molecule has 0 fully saturated rings. The summed E-state index contributed by atoms with van der Waals surface area (Å²) in [6, 6.07) is 0.287. The van der Waals surface area contributed by atoms with Gasteiger partial charge in [-0.1, -0.05) is 20.8 Å². The molecular formula is C11H24N2O2. The molecule has 15 heavy (non-hydrogen) atoms. The zero-order valence-electron chi connectivity index (χ0n) is 10.0. The summed E-state index contributed by atoms with van der Waals surface area (Å²) in [7, 11) is 0. The molecule has 1 atom stereocenters. The van der Waals surface area contributed by atoms with Gasteiger partial charge < -0.3 is 15.7 Å². The number of carbonyl (C=O) groups is 1. The first-order valence-corrected chi connectivity index (χ1v) is 5.74. The lowest BCUT2D eigenvalue weighted by atomic mass is 10.2. The van der Waals surface area contributed by atoms with Crippen LogP contribution in [-0.4, -0.2) is 36.8 Å². The Labute approximate surface area is 92.4 Å². The van der Waals surface area contributed by atoms with Crippen molar-refractivity contribution < 1.29 is 9.90 Å². The summed E-state index contributed by atoms with van der Waals surface area (Å²) in [5.74, 6) is 0.236. The average molecular weight is 216 g/mol. The lowest BCUT2D eigenvalue weighted by molar-refractivity contribution is -0.121. The lowest BCUT2D eigenvalue weighted by Gasteiger charge is -2.15. The maximum absolute atomic E-state index is 11.4. The summed E-state index contributed by atoms with van der Waals surface area (Å²) >= 11 is 0. The largest absolute Gasteiger partial charge is 0.396 e. The number of rotatable bonds is 8. The van der Waals surface area contributed by atoms with Crippen LogP contribution < -0.4 is 10.6 Å². The molecule has 0 aliphatic heterocycles. The van der Waals surface area contributed by atoms with Crippen LogP contribution in [0.4, 0.5) is 0 Å². The predicted molar refractivity (Wildman–Crippen MR) is 61.6 cm³/mol. The summed E-state index contributed by atoms with van der Waals surface area (Å²) in [4.78, 5) is 11.4. The Balaban J connectivity index is 3.56. The molecule has 0 radical (unpaired) electrons. The maximum Gasteiger partial charge on any atom is 0.234 e. The molecule has 4 nitrogen and oxygen atoms in total. The van der Waals surface area contributed by atoms with Gasteiger partial charge in [0.25, 0.3) is 0 Å².